The minimum atomic E-state index is -3.85. The lowest BCUT2D eigenvalue weighted by Crippen LogP contribution is -2.35. The maximum Gasteiger partial charge on any atom is 0.261 e. The number of methoxy groups -OCH3 is 1. The topological polar surface area (TPSA) is 75.7 Å². The fourth-order valence-electron chi connectivity index (χ4n) is 3.21. The highest BCUT2D eigenvalue weighted by molar-refractivity contribution is 9.10. The van der Waals surface area contributed by atoms with E-state index in [-0.39, 0.29) is 16.4 Å². The Kier molecular flexibility index (Phi) is 6.30. The van der Waals surface area contributed by atoms with Crippen molar-refractivity contribution in [3.05, 3.63) is 52.0 Å². The quantitative estimate of drug-likeness (QED) is 0.716. The van der Waals surface area contributed by atoms with Gasteiger partial charge in [-0.25, -0.2) is 8.42 Å². The summed E-state index contributed by atoms with van der Waals surface area (Å²) in [6, 6.07) is 9.57. The molecule has 1 aliphatic heterocycles. The van der Waals surface area contributed by atoms with Gasteiger partial charge in [0.1, 0.15) is 5.75 Å². The number of rotatable bonds is 5. The van der Waals surface area contributed by atoms with Gasteiger partial charge in [0.2, 0.25) is 0 Å². The Morgan fingerprint density at radius 3 is 2.46 bits per heavy atom. The molecule has 1 fully saturated rings. The average Bonchev–Trinajstić information content (AvgIpc) is 2.70. The number of hydrogen-bond donors (Lipinski definition) is 1. The van der Waals surface area contributed by atoms with E-state index in [1.165, 1.54) is 25.3 Å². The van der Waals surface area contributed by atoms with Crippen molar-refractivity contribution in [3.8, 4) is 5.75 Å². The van der Waals surface area contributed by atoms with Crippen LogP contribution in [-0.2, 0) is 10.0 Å². The molecule has 1 saturated heterocycles. The zero-order valence-electron chi connectivity index (χ0n) is 15.9. The number of sulfonamides is 1. The molecule has 28 heavy (non-hydrogen) atoms. The van der Waals surface area contributed by atoms with Crippen LogP contribution in [0.4, 0.5) is 5.69 Å². The maximum absolute atomic E-state index is 12.9. The van der Waals surface area contributed by atoms with Gasteiger partial charge in [-0.3, -0.25) is 9.52 Å². The molecule has 8 heteroatoms. The van der Waals surface area contributed by atoms with Crippen LogP contribution in [0, 0.1) is 6.92 Å². The van der Waals surface area contributed by atoms with Crippen LogP contribution in [0.15, 0.2) is 45.8 Å². The molecular weight excluding hydrogens is 444 g/mol. The molecule has 0 radical (unpaired) electrons. The fourth-order valence-corrected chi connectivity index (χ4v) is 4.53. The van der Waals surface area contributed by atoms with Crippen molar-refractivity contribution in [1.29, 1.82) is 0 Å². The fraction of sp³-hybridized carbons (Fsp3) is 0.350. The molecule has 0 aromatic heterocycles. The first-order chi connectivity index (χ1) is 13.3. The molecule has 150 valence electrons. The third kappa shape index (κ3) is 4.50. The van der Waals surface area contributed by atoms with Gasteiger partial charge in [0, 0.05) is 23.2 Å². The molecule has 0 spiro atoms. The number of amides is 1. The third-order valence-electron chi connectivity index (χ3n) is 4.77. The number of anilines is 1. The van der Waals surface area contributed by atoms with E-state index in [4.69, 9.17) is 4.74 Å². The minimum Gasteiger partial charge on any atom is -0.496 e. The highest BCUT2D eigenvalue weighted by Crippen LogP contribution is 2.27. The minimum absolute atomic E-state index is 0.0224. The maximum atomic E-state index is 12.9. The molecular formula is C20H23BrN2O4S. The number of carbonyl (C=O) groups excluding carboxylic acids is 1. The van der Waals surface area contributed by atoms with Crippen molar-refractivity contribution in [3.63, 3.8) is 0 Å². The molecule has 3 rings (SSSR count). The van der Waals surface area contributed by atoms with Gasteiger partial charge in [-0.1, -0.05) is 15.9 Å². The number of likely N-dealkylation sites (tertiary alicyclic amines) is 1. The van der Waals surface area contributed by atoms with Crippen LogP contribution >= 0.6 is 15.9 Å². The Bertz CT molecular complexity index is 986. The summed E-state index contributed by atoms with van der Waals surface area (Å²) < 4.78 is 34.5. The summed E-state index contributed by atoms with van der Waals surface area (Å²) >= 11 is 3.40. The Balaban J connectivity index is 1.92. The van der Waals surface area contributed by atoms with Crippen LogP contribution in [0.3, 0.4) is 0 Å². The standard InChI is InChI=1S/C20H23BrN2O4S/c1-14-12-15(6-8-18(14)21)22-28(25,26)16-7-9-19(27-2)17(13-16)20(24)23-10-4-3-5-11-23/h6-9,12-13,22H,3-5,10-11H2,1-2H3. The second kappa shape index (κ2) is 8.53. The summed E-state index contributed by atoms with van der Waals surface area (Å²) in [4.78, 5) is 14.7. The van der Waals surface area contributed by atoms with Gasteiger partial charge < -0.3 is 9.64 Å². The zero-order chi connectivity index (χ0) is 20.3. The van der Waals surface area contributed by atoms with Crippen LogP contribution in [0.5, 0.6) is 5.75 Å². The van der Waals surface area contributed by atoms with E-state index in [1.807, 2.05) is 6.92 Å². The Labute approximate surface area is 174 Å². The number of ether oxygens (including phenoxy) is 1. The van der Waals surface area contributed by atoms with Gasteiger partial charge in [0.05, 0.1) is 17.6 Å². The van der Waals surface area contributed by atoms with Crippen molar-refractivity contribution in [2.24, 2.45) is 0 Å². The van der Waals surface area contributed by atoms with E-state index in [1.54, 1.807) is 23.1 Å². The van der Waals surface area contributed by atoms with Gasteiger partial charge in [-0.15, -0.1) is 0 Å². The first kappa shape index (κ1) is 20.7. The number of benzene rings is 2. The van der Waals surface area contributed by atoms with Crippen LogP contribution in [-0.4, -0.2) is 39.4 Å². The molecule has 1 aliphatic rings. The number of nitrogens with one attached hydrogen (secondary N) is 1. The van der Waals surface area contributed by atoms with Gasteiger partial charge in [-0.2, -0.15) is 0 Å². The number of hydrogen-bond acceptors (Lipinski definition) is 4. The van der Waals surface area contributed by atoms with E-state index in [0.29, 0.717) is 24.5 Å². The molecule has 0 bridgehead atoms. The van der Waals surface area contributed by atoms with Gasteiger partial charge in [-0.05, 0) is 68.1 Å². The van der Waals surface area contributed by atoms with E-state index in [9.17, 15) is 13.2 Å². The van der Waals surface area contributed by atoms with Crippen LogP contribution in [0.2, 0.25) is 0 Å². The van der Waals surface area contributed by atoms with Crippen molar-refractivity contribution >= 4 is 37.5 Å². The molecule has 0 aliphatic carbocycles. The lowest BCUT2D eigenvalue weighted by Gasteiger charge is -2.27. The van der Waals surface area contributed by atoms with Crippen molar-refractivity contribution in [2.45, 2.75) is 31.1 Å². The highest BCUT2D eigenvalue weighted by atomic mass is 79.9. The summed E-state index contributed by atoms with van der Waals surface area (Å²) in [5, 5.41) is 0. The molecule has 1 N–H and O–H groups in total. The number of halogens is 1. The summed E-state index contributed by atoms with van der Waals surface area (Å²) in [5.74, 6) is 0.169. The average molecular weight is 467 g/mol. The predicted octanol–water partition coefficient (Wildman–Crippen LogP) is 4.19. The molecule has 0 saturated carbocycles. The number of piperidine rings is 1. The van der Waals surface area contributed by atoms with E-state index in [2.05, 4.69) is 20.7 Å². The zero-order valence-corrected chi connectivity index (χ0v) is 18.3. The second-order valence-corrected chi connectivity index (χ2v) is 9.32. The normalized spacial score (nSPS) is 14.6. The van der Waals surface area contributed by atoms with Crippen molar-refractivity contribution in [2.75, 3.05) is 24.9 Å². The van der Waals surface area contributed by atoms with E-state index in [0.717, 1.165) is 29.3 Å². The molecule has 6 nitrogen and oxygen atoms in total. The summed E-state index contributed by atoms with van der Waals surface area (Å²) in [7, 11) is -2.37. The summed E-state index contributed by atoms with van der Waals surface area (Å²) in [5.41, 5.74) is 1.63. The lowest BCUT2D eigenvalue weighted by molar-refractivity contribution is 0.0720. The molecule has 2 aromatic rings. The van der Waals surface area contributed by atoms with Crippen molar-refractivity contribution in [1.82, 2.24) is 4.90 Å². The molecule has 0 unspecified atom stereocenters. The molecule has 2 aromatic carbocycles. The van der Waals surface area contributed by atoms with Crippen LogP contribution in [0.25, 0.3) is 0 Å². The van der Waals surface area contributed by atoms with Crippen LogP contribution < -0.4 is 9.46 Å². The largest absolute Gasteiger partial charge is 0.496 e. The Hall–Kier alpha value is -2.06. The first-order valence-electron chi connectivity index (χ1n) is 9.08. The summed E-state index contributed by atoms with van der Waals surface area (Å²) in [6.07, 6.45) is 3.01. The summed E-state index contributed by atoms with van der Waals surface area (Å²) in [6.45, 7) is 3.23. The number of nitrogens with zero attached hydrogens (tertiary/aromatic N) is 1. The van der Waals surface area contributed by atoms with Gasteiger partial charge in [0.15, 0.2) is 0 Å². The van der Waals surface area contributed by atoms with Gasteiger partial charge >= 0.3 is 0 Å². The number of carbonyl (C=O) groups is 1. The Morgan fingerprint density at radius 2 is 1.82 bits per heavy atom. The molecule has 0 atom stereocenters. The lowest BCUT2D eigenvalue weighted by atomic mass is 10.1. The first-order valence-corrected chi connectivity index (χ1v) is 11.4. The van der Waals surface area contributed by atoms with Crippen LogP contribution in [0.1, 0.15) is 35.2 Å². The molecule has 1 amide bonds. The van der Waals surface area contributed by atoms with E-state index < -0.39 is 10.0 Å². The SMILES string of the molecule is COc1ccc(S(=O)(=O)Nc2ccc(Br)c(C)c2)cc1C(=O)N1CCCCC1. The van der Waals surface area contributed by atoms with Crippen molar-refractivity contribution < 1.29 is 17.9 Å². The van der Waals surface area contributed by atoms with E-state index >= 15 is 0 Å². The second-order valence-electron chi connectivity index (χ2n) is 6.78. The third-order valence-corrected chi connectivity index (χ3v) is 7.03. The highest BCUT2D eigenvalue weighted by Gasteiger charge is 2.24. The predicted molar refractivity (Wildman–Crippen MR) is 112 cm³/mol. The monoisotopic (exact) mass is 466 g/mol. The number of aryl methyl sites for hydroxylation is 1. The molecule has 1 heterocycles. The smallest absolute Gasteiger partial charge is 0.261 e. The Morgan fingerprint density at radius 1 is 1.11 bits per heavy atom. The van der Waals surface area contributed by atoms with Gasteiger partial charge in [0.25, 0.3) is 15.9 Å².